The Morgan fingerprint density at radius 1 is 0.897 bits per heavy atom. The van der Waals surface area contributed by atoms with Gasteiger partial charge in [-0.3, -0.25) is 9.36 Å². The Labute approximate surface area is 172 Å². The van der Waals surface area contributed by atoms with Crippen LogP contribution in [0.15, 0.2) is 96.4 Å². The van der Waals surface area contributed by atoms with Gasteiger partial charge in [-0.05, 0) is 48.5 Å². The van der Waals surface area contributed by atoms with Crippen molar-refractivity contribution in [3.8, 4) is 17.2 Å². The second-order valence-corrected chi connectivity index (χ2v) is 7.04. The van der Waals surface area contributed by atoms with Crippen LogP contribution in [0.3, 0.4) is 0 Å². The smallest absolute Gasteiger partial charge is 0.234 e. The summed E-state index contributed by atoms with van der Waals surface area (Å²) in [7, 11) is 0. The summed E-state index contributed by atoms with van der Waals surface area (Å²) in [6, 6.07) is 26.6. The third kappa shape index (κ3) is 5.03. The van der Waals surface area contributed by atoms with Crippen LogP contribution >= 0.6 is 11.8 Å². The lowest BCUT2D eigenvalue weighted by Crippen LogP contribution is -2.14. The van der Waals surface area contributed by atoms with E-state index in [2.05, 4.69) is 15.5 Å². The summed E-state index contributed by atoms with van der Waals surface area (Å²) >= 11 is 1.33. The fourth-order valence-electron chi connectivity index (χ4n) is 2.65. The van der Waals surface area contributed by atoms with E-state index in [9.17, 15) is 4.79 Å². The lowest BCUT2D eigenvalue weighted by atomic mass is 10.3. The Morgan fingerprint density at radius 2 is 1.55 bits per heavy atom. The SMILES string of the molecule is O=C(CSc1nncn1-c1ccccc1)Nc1ccc(Oc2ccccc2)cc1. The molecule has 0 unspecified atom stereocenters. The quantitative estimate of drug-likeness (QED) is 0.450. The molecule has 1 heterocycles. The van der Waals surface area contributed by atoms with Gasteiger partial charge in [-0.15, -0.1) is 10.2 Å². The number of nitrogens with zero attached hydrogens (tertiary/aromatic N) is 3. The van der Waals surface area contributed by atoms with E-state index in [0.29, 0.717) is 16.6 Å². The molecule has 0 spiro atoms. The number of aromatic nitrogens is 3. The highest BCUT2D eigenvalue weighted by atomic mass is 32.2. The van der Waals surface area contributed by atoms with Crippen molar-refractivity contribution < 1.29 is 9.53 Å². The fourth-order valence-corrected chi connectivity index (χ4v) is 3.38. The number of carbonyl (C=O) groups is 1. The first kappa shape index (κ1) is 18.8. The third-order valence-corrected chi connectivity index (χ3v) is 4.94. The lowest BCUT2D eigenvalue weighted by molar-refractivity contribution is -0.113. The highest BCUT2D eigenvalue weighted by molar-refractivity contribution is 7.99. The minimum absolute atomic E-state index is 0.116. The number of para-hydroxylation sites is 2. The zero-order chi connectivity index (χ0) is 19.9. The molecule has 4 aromatic rings. The van der Waals surface area contributed by atoms with Gasteiger partial charge in [0.15, 0.2) is 5.16 Å². The second kappa shape index (κ2) is 9.07. The van der Waals surface area contributed by atoms with Crippen LogP contribution in [0.25, 0.3) is 5.69 Å². The number of amides is 1. The topological polar surface area (TPSA) is 69.0 Å². The molecule has 0 aliphatic carbocycles. The third-order valence-electron chi connectivity index (χ3n) is 4.00. The molecule has 6 nitrogen and oxygen atoms in total. The van der Waals surface area contributed by atoms with E-state index in [0.717, 1.165) is 11.4 Å². The number of rotatable bonds is 7. The summed E-state index contributed by atoms with van der Waals surface area (Å²) in [5.41, 5.74) is 1.66. The molecular formula is C22H18N4O2S. The molecule has 0 aliphatic heterocycles. The van der Waals surface area contributed by atoms with Crippen LogP contribution in [0, 0.1) is 0 Å². The Kier molecular flexibility index (Phi) is 5.87. The zero-order valence-corrected chi connectivity index (χ0v) is 16.3. The summed E-state index contributed by atoms with van der Waals surface area (Å²) in [6.07, 6.45) is 1.64. The molecule has 0 fully saturated rings. The Bertz CT molecular complexity index is 1070. The van der Waals surface area contributed by atoms with E-state index >= 15 is 0 Å². The Balaban J connectivity index is 1.32. The molecule has 0 aliphatic rings. The number of benzene rings is 3. The molecule has 0 saturated carbocycles. The van der Waals surface area contributed by atoms with Crippen LogP contribution < -0.4 is 10.1 Å². The van der Waals surface area contributed by atoms with Crippen molar-refractivity contribution >= 4 is 23.4 Å². The highest BCUT2D eigenvalue weighted by Crippen LogP contribution is 2.23. The van der Waals surface area contributed by atoms with E-state index < -0.39 is 0 Å². The van der Waals surface area contributed by atoms with Gasteiger partial charge in [0, 0.05) is 11.4 Å². The maximum Gasteiger partial charge on any atom is 0.234 e. The Morgan fingerprint density at radius 3 is 2.28 bits per heavy atom. The average molecular weight is 402 g/mol. The monoisotopic (exact) mass is 402 g/mol. The molecule has 3 aromatic carbocycles. The van der Waals surface area contributed by atoms with Gasteiger partial charge >= 0.3 is 0 Å². The van der Waals surface area contributed by atoms with Gasteiger partial charge in [0.2, 0.25) is 5.91 Å². The zero-order valence-electron chi connectivity index (χ0n) is 15.4. The molecule has 1 amide bonds. The number of ether oxygens (including phenoxy) is 1. The first-order valence-electron chi connectivity index (χ1n) is 8.99. The standard InChI is InChI=1S/C22H18N4O2S/c27-21(15-29-22-25-23-16-26(22)18-7-3-1-4-8-18)24-17-11-13-20(14-12-17)28-19-9-5-2-6-10-19/h1-14,16H,15H2,(H,24,27). The maximum atomic E-state index is 12.3. The largest absolute Gasteiger partial charge is 0.457 e. The molecule has 0 bridgehead atoms. The summed E-state index contributed by atoms with van der Waals surface area (Å²) in [5, 5.41) is 11.6. The van der Waals surface area contributed by atoms with Crippen LogP contribution in [-0.2, 0) is 4.79 Å². The molecule has 1 aromatic heterocycles. The van der Waals surface area contributed by atoms with Crippen LogP contribution in [-0.4, -0.2) is 26.4 Å². The molecule has 0 saturated heterocycles. The maximum absolute atomic E-state index is 12.3. The summed E-state index contributed by atoms with van der Waals surface area (Å²) < 4.78 is 7.61. The molecule has 1 N–H and O–H groups in total. The number of anilines is 1. The second-order valence-electron chi connectivity index (χ2n) is 6.10. The highest BCUT2D eigenvalue weighted by Gasteiger charge is 2.10. The first-order chi connectivity index (χ1) is 14.3. The van der Waals surface area contributed by atoms with Gasteiger partial charge in [-0.2, -0.15) is 0 Å². The summed E-state index contributed by atoms with van der Waals surface area (Å²) in [6.45, 7) is 0. The van der Waals surface area contributed by atoms with E-state index in [1.54, 1.807) is 6.33 Å². The molecular weight excluding hydrogens is 384 g/mol. The molecule has 0 radical (unpaired) electrons. The minimum Gasteiger partial charge on any atom is -0.457 e. The molecule has 7 heteroatoms. The molecule has 0 atom stereocenters. The molecule has 144 valence electrons. The van der Waals surface area contributed by atoms with Gasteiger partial charge in [0.05, 0.1) is 5.75 Å². The normalized spacial score (nSPS) is 10.5. The van der Waals surface area contributed by atoms with Crippen molar-refractivity contribution in [2.24, 2.45) is 0 Å². The number of hydrogen-bond acceptors (Lipinski definition) is 5. The van der Waals surface area contributed by atoms with Gasteiger partial charge < -0.3 is 10.1 Å². The van der Waals surface area contributed by atoms with Gasteiger partial charge in [-0.1, -0.05) is 48.2 Å². The summed E-state index contributed by atoms with van der Waals surface area (Å²) in [4.78, 5) is 12.3. The van der Waals surface area contributed by atoms with Gasteiger partial charge in [0.1, 0.15) is 17.8 Å². The van der Waals surface area contributed by atoms with E-state index in [4.69, 9.17) is 4.74 Å². The Hall–Kier alpha value is -3.58. The van der Waals surface area contributed by atoms with Crippen molar-refractivity contribution in [3.63, 3.8) is 0 Å². The lowest BCUT2D eigenvalue weighted by Gasteiger charge is -2.08. The average Bonchev–Trinajstić information content (AvgIpc) is 3.24. The molecule has 4 rings (SSSR count). The first-order valence-corrected chi connectivity index (χ1v) is 9.97. The van der Waals surface area contributed by atoms with Crippen LogP contribution in [0.2, 0.25) is 0 Å². The van der Waals surface area contributed by atoms with Crippen LogP contribution in [0.1, 0.15) is 0 Å². The van der Waals surface area contributed by atoms with Crippen molar-refractivity contribution in [1.29, 1.82) is 0 Å². The van der Waals surface area contributed by atoms with Gasteiger partial charge in [0.25, 0.3) is 0 Å². The van der Waals surface area contributed by atoms with Crippen molar-refractivity contribution in [1.82, 2.24) is 14.8 Å². The predicted molar refractivity (Wildman–Crippen MR) is 114 cm³/mol. The van der Waals surface area contributed by atoms with Crippen molar-refractivity contribution in [2.75, 3.05) is 11.1 Å². The number of nitrogens with one attached hydrogen (secondary N) is 1. The summed E-state index contributed by atoms with van der Waals surface area (Å²) in [5.74, 6) is 1.59. The fraction of sp³-hybridized carbons (Fsp3) is 0.0455. The van der Waals surface area contributed by atoms with Crippen molar-refractivity contribution in [2.45, 2.75) is 5.16 Å². The van der Waals surface area contributed by atoms with Crippen molar-refractivity contribution in [3.05, 3.63) is 91.3 Å². The van der Waals surface area contributed by atoms with Gasteiger partial charge in [-0.25, -0.2) is 0 Å². The van der Waals surface area contributed by atoms with E-state index in [-0.39, 0.29) is 11.7 Å². The number of hydrogen-bond donors (Lipinski definition) is 1. The van der Waals surface area contributed by atoms with Crippen LogP contribution in [0.5, 0.6) is 11.5 Å². The van der Waals surface area contributed by atoms with E-state index in [1.807, 2.05) is 89.5 Å². The number of carbonyl (C=O) groups excluding carboxylic acids is 1. The van der Waals surface area contributed by atoms with Crippen LogP contribution in [0.4, 0.5) is 5.69 Å². The van der Waals surface area contributed by atoms with E-state index in [1.165, 1.54) is 11.8 Å². The number of thioether (sulfide) groups is 1. The molecule has 29 heavy (non-hydrogen) atoms. The minimum atomic E-state index is -0.116. The predicted octanol–water partition coefficient (Wildman–Crippen LogP) is 4.79.